The molecule has 1 unspecified atom stereocenters. The highest BCUT2D eigenvalue weighted by Crippen LogP contribution is 2.32. The molecule has 0 amide bonds. The van der Waals surface area contributed by atoms with Gasteiger partial charge in [0.05, 0.1) is 5.92 Å². The van der Waals surface area contributed by atoms with Gasteiger partial charge in [-0.05, 0) is 29.7 Å². The minimum atomic E-state index is -0.227. The van der Waals surface area contributed by atoms with E-state index in [4.69, 9.17) is 14.2 Å². The lowest BCUT2D eigenvalue weighted by molar-refractivity contribution is -0.146. The first-order valence-corrected chi connectivity index (χ1v) is 7.38. The molecular weight excluding hydrogens is 280 g/mol. The summed E-state index contributed by atoms with van der Waals surface area (Å²) in [5, 5.41) is 0. The molecular formula is C18H18O4. The van der Waals surface area contributed by atoms with Crippen molar-refractivity contribution in [2.45, 2.75) is 25.9 Å². The fourth-order valence-corrected chi connectivity index (χ4v) is 2.51. The lowest BCUT2D eigenvalue weighted by Gasteiger charge is -2.14. The molecule has 1 heterocycles. The second kappa shape index (κ2) is 6.52. The van der Waals surface area contributed by atoms with Crippen molar-refractivity contribution in [3.63, 3.8) is 0 Å². The van der Waals surface area contributed by atoms with Crippen LogP contribution in [0.3, 0.4) is 0 Å². The number of benzene rings is 2. The molecule has 4 heteroatoms. The Balaban J connectivity index is 1.64. The monoisotopic (exact) mass is 298 g/mol. The zero-order valence-corrected chi connectivity index (χ0v) is 12.5. The summed E-state index contributed by atoms with van der Waals surface area (Å²) in [6.07, 6.45) is 0.712. The van der Waals surface area contributed by atoms with E-state index in [-0.39, 0.29) is 25.3 Å². The van der Waals surface area contributed by atoms with E-state index in [2.05, 4.69) is 0 Å². The van der Waals surface area contributed by atoms with Crippen molar-refractivity contribution < 1.29 is 19.0 Å². The van der Waals surface area contributed by atoms with E-state index in [9.17, 15) is 4.79 Å². The van der Waals surface area contributed by atoms with Gasteiger partial charge in [-0.2, -0.15) is 0 Å². The highest BCUT2D eigenvalue weighted by molar-refractivity contribution is 5.78. The smallest absolute Gasteiger partial charge is 0.313 e. The molecule has 0 radical (unpaired) electrons. The number of carbonyl (C=O) groups excluding carboxylic acids is 1. The molecule has 0 fully saturated rings. The van der Waals surface area contributed by atoms with Crippen LogP contribution >= 0.6 is 0 Å². The quantitative estimate of drug-likeness (QED) is 0.790. The Morgan fingerprint density at radius 3 is 2.68 bits per heavy atom. The fourth-order valence-electron chi connectivity index (χ4n) is 2.51. The SMILES string of the molecule is CCC(C(=O)OCc1ccc2c(c1)OCO2)c1ccccc1. The molecule has 22 heavy (non-hydrogen) atoms. The topological polar surface area (TPSA) is 44.8 Å². The van der Waals surface area contributed by atoms with Crippen molar-refractivity contribution in [1.29, 1.82) is 0 Å². The average Bonchev–Trinajstić information content (AvgIpc) is 3.02. The van der Waals surface area contributed by atoms with Crippen molar-refractivity contribution in [3.05, 3.63) is 59.7 Å². The predicted octanol–water partition coefficient (Wildman–Crippen LogP) is 3.65. The van der Waals surface area contributed by atoms with Crippen LogP contribution < -0.4 is 9.47 Å². The van der Waals surface area contributed by atoms with Crippen molar-refractivity contribution in [2.75, 3.05) is 6.79 Å². The predicted molar refractivity (Wildman–Crippen MR) is 81.8 cm³/mol. The van der Waals surface area contributed by atoms with Crippen molar-refractivity contribution in [2.24, 2.45) is 0 Å². The van der Waals surface area contributed by atoms with Gasteiger partial charge in [-0.1, -0.05) is 43.3 Å². The van der Waals surface area contributed by atoms with Gasteiger partial charge < -0.3 is 14.2 Å². The lowest BCUT2D eigenvalue weighted by atomic mass is 9.97. The number of carbonyl (C=O) groups is 1. The third kappa shape index (κ3) is 3.06. The van der Waals surface area contributed by atoms with Gasteiger partial charge in [-0.15, -0.1) is 0 Å². The molecule has 0 bridgehead atoms. The Morgan fingerprint density at radius 1 is 1.14 bits per heavy atom. The molecule has 4 nitrogen and oxygen atoms in total. The molecule has 1 aliphatic rings. The minimum absolute atomic E-state index is 0.202. The Hall–Kier alpha value is -2.49. The number of ether oxygens (including phenoxy) is 3. The first-order chi connectivity index (χ1) is 10.8. The van der Waals surface area contributed by atoms with Gasteiger partial charge in [0.25, 0.3) is 0 Å². The number of fused-ring (bicyclic) bond motifs is 1. The summed E-state index contributed by atoms with van der Waals surface area (Å²) in [5.41, 5.74) is 1.88. The molecule has 0 saturated carbocycles. The second-order valence-corrected chi connectivity index (χ2v) is 5.17. The Labute approximate surface area is 129 Å². The molecule has 0 aliphatic carbocycles. The normalized spacial score (nSPS) is 13.7. The standard InChI is InChI=1S/C18H18O4/c1-2-15(14-6-4-3-5-7-14)18(19)20-11-13-8-9-16-17(10-13)22-12-21-16/h3-10,15H,2,11-12H2,1H3. The van der Waals surface area contributed by atoms with Crippen LogP contribution in [-0.2, 0) is 16.1 Å². The first kappa shape index (κ1) is 14.4. The average molecular weight is 298 g/mol. The summed E-state index contributed by atoms with van der Waals surface area (Å²) >= 11 is 0. The summed E-state index contributed by atoms with van der Waals surface area (Å²) in [5.74, 6) is 0.996. The van der Waals surface area contributed by atoms with Crippen LogP contribution in [0.5, 0.6) is 11.5 Å². The van der Waals surface area contributed by atoms with Gasteiger partial charge in [-0.25, -0.2) is 0 Å². The van der Waals surface area contributed by atoms with Crippen LogP contribution in [0.2, 0.25) is 0 Å². The molecule has 1 atom stereocenters. The number of hydrogen-bond acceptors (Lipinski definition) is 4. The minimum Gasteiger partial charge on any atom is -0.460 e. The van der Waals surface area contributed by atoms with Crippen molar-refractivity contribution >= 4 is 5.97 Å². The molecule has 0 N–H and O–H groups in total. The van der Waals surface area contributed by atoms with E-state index in [1.807, 2.05) is 55.5 Å². The summed E-state index contributed by atoms with van der Waals surface area (Å²) in [7, 11) is 0. The van der Waals surface area contributed by atoms with Gasteiger partial charge in [0.1, 0.15) is 6.61 Å². The van der Waals surface area contributed by atoms with Crippen LogP contribution in [-0.4, -0.2) is 12.8 Å². The highest BCUT2D eigenvalue weighted by Gasteiger charge is 2.20. The Kier molecular flexibility index (Phi) is 4.28. The highest BCUT2D eigenvalue weighted by atomic mass is 16.7. The van der Waals surface area contributed by atoms with E-state index < -0.39 is 0 Å². The van der Waals surface area contributed by atoms with Crippen molar-refractivity contribution in [1.82, 2.24) is 0 Å². The molecule has 0 spiro atoms. The van der Waals surface area contributed by atoms with E-state index in [0.29, 0.717) is 12.2 Å². The third-order valence-corrected chi connectivity index (χ3v) is 3.71. The van der Waals surface area contributed by atoms with Crippen LogP contribution in [0.4, 0.5) is 0 Å². The fraction of sp³-hybridized carbons (Fsp3) is 0.278. The van der Waals surface area contributed by atoms with Crippen LogP contribution in [0.1, 0.15) is 30.4 Å². The molecule has 2 aromatic rings. The lowest BCUT2D eigenvalue weighted by Crippen LogP contribution is -2.15. The third-order valence-electron chi connectivity index (χ3n) is 3.71. The summed E-state index contributed by atoms with van der Waals surface area (Å²) in [4.78, 5) is 12.3. The Bertz CT molecular complexity index is 651. The largest absolute Gasteiger partial charge is 0.460 e. The summed E-state index contributed by atoms with van der Waals surface area (Å²) < 4.78 is 16.0. The van der Waals surface area contributed by atoms with E-state index in [0.717, 1.165) is 16.9 Å². The Morgan fingerprint density at radius 2 is 1.91 bits per heavy atom. The molecule has 2 aromatic carbocycles. The zero-order valence-electron chi connectivity index (χ0n) is 12.5. The van der Waals surface area contributed by atoms with Gasteiger partial charge in [0.2, 0.25) is 6.79 Å². The second-order valence-electron chi connectivity index (χ2n) is 5.17. The molecule has 0 aromatic heterocycles. The van der Waals surface area contributed by atoms with E-state index in [1.54, 1.807) is 0 Å². The van der Waals surface area contributed by atoms with Gasteiger partial charge in [0, 0.05) is 0 Å². The van der Waals surface area contributed by atoms with E-state index >= 15 is 0 Å². The van der Waals surface area contributed by atoms with Gasteiger partial charge in [0.15, 0.2) is 11.5 Å². The van der Waals surface area contributed by atoms with Crippen molar-refractivity contribution in [3.8, 4) is 11.5 Å². The van der Waals surface area contributed by atoms with Crippen LogP contribution in [0, 0.1) is 0 Å². The number of esters is 1. The first-order valence-electron chi connectivity index (χ1n) is 7.38. The number of hydrogen-bond donors (Lipinski definition) is 0. The number of rotatable bonds is 5. The molecule has 0 saturated heterocycles. The molecule has 114 valence electrons. The van der Waals surface area contributed by atoms with Gasteiger partial charge in [-0.3, -0.25) is 4.79 Å². The van der Waals surface area contributed by atoms with Crippen LogP contribution in [0.25, 0.3) is 0 Å². The summed E-state index contributed by atoms with van der Waals surface area (Å²) in [6, 6.07) is 15.3. The van der Waals surface area contributed by atoms with E-state index in [1.165, 1.54) is 0 Å². The maximum absolute atomic E-state index is 12.3. The molecule has 1 aliphatic heterocycles. The maximum atomic E-state index is 12.3. The maximum Gasteiger partial charge on any atom is 0.313 e. The summed E-state index contributed by atoms with van der Waals surface area (Å²) in [6.45, 7) is 2.46. The molecule has 3 rings (SSSR count). The van der Waals surface area contributed by atoms with Gasteiger partial charge >= 0.3 is 5.97 Å². The van der Waals surface area contributed by atoms with Crippen LogP contribution in [0.15, 0.2) is 48.5 Å². The zero-order chi connectivity index (χ0) is 15.4.